The number of nitrogens with zero attached hydrogens (tertiary/aromatic N) is 3. The number of alkyl halides is 2. The van der Waals surface area contributed by atoms with Crippen molar-refractivity contribution in [2.24, 2.45) is 0 Å². The second-order valence-corrected chi connectivity index (χ2v) is 9.88. The first-order valence-corrected chi connectivity index (χ1v) is 12.2. The first-order valence-electron chi connectivity index (χ1n) is 11.4. The van der Waals surface area contributed by atoms with E-state index in [0.717, 1.165) is 0 Å². The molecule has 2 aromatic heterocycles. The van der Waals surface area contributed by atoms with E-state index < -0.39 is 24.1 Å². The van der Waals surface area contributed by atoms with Crippen molar-refractivity contribution in [1.29, 1.82) is 0 Å². The van der Waals surface area contributed by atoms with Gasteiger partial charge in [0.25, 0.3) is 11.5 Å². The van der Waals surface area contributed by atoms with E-state index in [-0.39, 0.29) is 52.4 Å². The smallest absolute Gasteiger partial charge is 0.272 e. The maximum atomic E-state index is 14.7. The SMILES string of the molecule is O=C(c1cc(Cc2c[nH]c(=O)c3cc(Cl)c(Cl)n23)ccc1F)N1CCC(N2C[C@H](F)[C@@H](F)C2)CC1. The summed E-state index contributed by atoms with van der Waals surface area (Å²) in [6.07, 6.45) is 0.00356. The van der Waals surface area contributed by atoms with E-state index in [4.69, 9.17) is 23.2 Å². The van der Waals surface area contributed by atoms with Gasteiger partial charge < -0.3 is 9.88 Å². The van der Waals surface area contributed by atoms with Crippen LogP contribution in [0.3, 0.4) is 0 Å². The van der Waals surface area contributed by atoms with Crippen LogP contribution in [0.15, 0.2) is 35.3 Å². The lowest BCUT2D eigenvalue weighted by Crippen LogP contribution is -2.46. The fraction of sp³-hybridized carbons (Fsp3) is 0.417. The number of aromatic amines is 1. The number of rotatable bonds is 4. The Morgan fingerprint density at radius 1 is 1.09 bits per heavy atom. The summed E-state index contributed by atoms with van der Waals surface area (Å²) in [4.78, 5) is 31.3. The van der Waals surface area contributed by atoms with E-state index in [2.05, 4.69) is 4.98 Å². The summed E-state index contributed by atoms with van der Waals surface area (Å²) in [5.74, 6) is -1.06. The van der Waals surface area contributed by atoms with Gasteiger partial charge in [0.1, 0.15) is 28.8 Å². The molecule has 186 valence electrons. The number of amides is 1. The van der Waals surface area contributed by atoms with Gasteiger partial charge >= 0.3 is 0 Å². The predicted octanol–water partition coefficient (Wildman–Crippen LogP) is 4.26. The highest BCUT2D eigenvalue weighted by molar-refractivity contribution is 6.42. The first-order chi connectivity index (χ1) is 16.7. The molecule has 2 aliphatic heterocycles. The van der Waals surface area contributed by atoms with Crippen molar-refractivity contribution in [3.63, 3.8) is 0 Å². The third-order valence-electron chi connectivity index (χ3n) is 6.91. The third-order valence-corrected chi connectivity index (χ3v) is 7.67. The molecule has 0 aliphatic carbocycles. The lowest BCUT2D eigenvalue weighted by molar-refractivity contribution is 0.0631. The largest absolute Gasteiger partial charge is 0.338 e. The Kier molecular flexibility index (Phi) is 6.59. The molecular weight excluding hydrogens is 504 g/mol. The summed E-state index contributed by atoms with van der Waals surface area (Å²) in [7, 11) is 0. The molecule has 0 saturated carbocycles. The van der Waals surface area contributed by atoms with Crippen molar-refractivity contribution in [2.45, 2.75) is 37.6 Å². The average Bonchev–Trinajstić information content (AvgIpc) is 3.35. The highest BCUT2D eigenvalue weighted by atomic mass is 35.5. The number of carbonyl (C=O) groups excluding carboxylic acids is 1. The van der Waals surface area contributed by atoms with Crippen LogP contribution in [0.5, 0.6) is 0 Å². The van der Waals surface area contributed by atoms with Gasteiger partial charge in [-0.1, -0.05) is 29.3 Å². The number of hydrogen-bond donors (Lipinski definition) is 1. The van der Waals surface area contributed by atoms with Gasteiger partial charge in [0.2, 0.25) is 0 Å². The number of fused-ring (bicyclic) bond motifs is 1. The lowest BCUT2D eigenvalue weighted by atomic mass is 10.0. The number of hydrogen-bond acceptors (Lipinski definition) is 3. The molecule has 3 aromatic rings. The zero-order valence-electron chi connectivity index (χ0n) is 18.6. The van der Waals surface area contributed by atoms with E-state index >= 15 is 0 Å². The van der Waals surface area contributed by atoms with Gasteiger partial charge in [-0.15, -0.1) is 0 Å². The number of aromatic nitrogens is 2. The summed E-state index contributed by atoms with van der Waals surface area (Å²) in [6.45, 7) is 0.918. The molecule has 11 heteroatoms. The molecule has 0 spiro atoms. The molecule has 6 nitrogen and oxygen atoms in total. The van der Waals surface area contributed by atoms with E-state index in [1.807, 2.05) is 4.90 Å². The number of piperidine rings is 1. The van der Waals surface area contributed by atoms with Crippen LogP contribution in [0.4, 0.5) is 13.2 Å². The fourth-order valence-electron chi connectivity index (χ4n) is 5.03. The van der Waals surface area contributed by atoms with Crippen molar-refractivity contribution in [3.8, 4) is 0 Å². The van der Waals surface area contributed by atoms with E-state index in [1.54, 1.807) is 11.0 Å². The summed E-state index contributed by atoms with van der Waals surface area (Å²) in [5.41, 5.74) is 1.16. The fourth-order valence-corrected chi connectivity index (χ4v) is 5.47. The molecule has 2 aliphatic rings. The number of carbonyl (C=O) groups is 1. The normalized spacial score (nSPS) is 21.8. The number of nitrogens with one attached hydrogen (secondary N) is 1. The van der Waals surface area contributed by atoms with E-state index in [1.165, 1.54) is 28.8 Å². The van der Waals surface area contributed by atoms with Crippen LogP contribution in [0.25, 0.3) is 5.52 Å². The number of benzene rings is 1. The van der Waals surface area contributed by atoms with Gasteiger partial charge in [-0.2, -0.15) is 0 Å². The van der Waals surface area contributed by atoms with Crippen LogP contribution in [0, 0.1) is 5.82 Å². The Balaban J connectivity index is 1.32. The topological polar surface area (TPSA) is 60.8 Å². The number of H-pyrrole nitrogens is 1. The minimum Gasteiger partial charge on any atom is -0.338 e. The summed E-state index contributed by atoms with van der Waals surface area (Å²) < 4.78 is 43.3. The highest BCUT2D eigenvalue weighted by Gasteiger charge is 2.38. The zero-order valence-corrected chi connectivity index (χ0v) is 20.1. The van der Waals surface area contributed by atoms with Gasteiger partial charge in [0.05, 0.1) is 10.6 Å². The van der Waals surface area contributed by atoms with Crippen LogP contribution in [0.2, 0.25) is 10.2 Å². The molecule has 4 heterocycles. The molecule has 35 heavy (non-hydrogen) atoms. The maximum absolute atomic E-state index is 14.7. The molecule has 2 fully saturated rings. The van der Waals surface area contributed by atoms with Gasteiger partial charge in [-0.3, -0.25) is 18.9 Å². The third kappa shape index (κ3) is 4.57. The summed E-state index contributed by atoms with van der Waals surface area (Å²) in [5, 5.41) is 0.432. The minimum atomic E-state index is -1.47. The predicted molar refractivity (Wildman–Crippen MR) is 128 cm³/mol. The first kappa shape index (κ1) is 24.2. The van der Waals surface area contributed by atoms with Crippen LogP contribution in [-0.2, 0) is 6.42 Å². The molecule has 5 rings (SSSR count). The van der Waals surface area contributed by atoms with Gasteiger partial charge in [-0.25, -0.2) is 13.2 Å². The van der Waals surface area contributed by atoms with Gasteiger partial charge in [0.15, 0.2) is 0 Å². The maximum Gasteiger partial charge on any atom is 0.272 e. The minimum absolute atomic E-state index is 0.00928. The van der Waals surface area contributed by atoms with Crippen LogP contribution in [-0.4, -0.2) is 69.7 Å². The second-order valence-electron chi connectivity index (χ2n) is 9.11. The van der Waals surface area contributed by atoms with Crippen LogP contribution < -0.4 is 5.56 Å². The van der Waals surface area contributed by atoms with Crippen LogP contribution in [0.1, 0.15) is 34.5 Å². The molecule has 0 unspecified atom stereocenters. The van der Waals surface area contributed by atoms with Crippen LogP contribution >= 0.6 is 23.2 Å². The number of halogens is 5. The second kappa shape index (κ2) is 9.52. The van der Waals surface area contributed by atoms with Crippen molar-refractivity contribution < 1.29 is 18.0 Å². The molecule has 1 N–H and O–H groups in total. The van der Waals surface area contributed by atoms with E-state index in [9.17, 15) is 22.8 Å². The zero-order chi connectivity index (χ0) is 24.9. The molecular formula is C24H23Cl2F3N4O2. The Bertz CT molecular complexity index is 1330. The Morgan fingerprint density at radius 2 is 1.77 bits per heavy atom. The van der Waals surface area contributed by atoms with Crippen molar-refractivity contribution >= 4 is 34.6 Å². The Morgan fingerprint density at radius 3 is 2.46 bits per heavy atom. The molecule has 1 aromatic carbocycles. The molecule has 2 saturated heterocycles. The Hall–Kier alpha value is -2.49. The van der Waals surface area contributed by atoms with Gasteiger partial charge in [0, 0.05) is 50.5 Å². The Labute approximate surface area is 209 Å². The lowest BCUT2D eigenvalue weighted by Gasteiger charge is -2.36. The monoisotopic (exact) mass is 526 g/mol. The summed E-state index contributed by atoms with van der Waals surface area (Å²) in [6, 6.07) is 5.80. The van der Waals surface area contributed by atoms with Crippen molar-refractivity contribution in [3.05, 3.63) is 73.6 Å². The van der Waals surface area contributed by atoms with Crippen molar-refractivity contribution in [1.82, 2.24) is 19.2 Å². The molecule has 1 amide bonds. The standard InChI is InChI=1S/C24H23Cl2F3N4O2/c25-17-9-21-23(34)30-10-15(33(21)22(17)26)7-13-1-2-18(27)16(8-13)24(35)31-5-3-14(4-6-31)32-11-19(28)20(29)12-32/h1-2,8-10,14,19-20H,3-7,11-12H2,(H,30,34)/t19-,20-/m0/s1. The molecule has 0 radical (unpaired) electrons. The number of likely N-dealkylation sites (tertiary alicyclic amines) is 2. The highest BCUT2D eigenvalue weighted by Crippen LogP contribution is 2.28. The summed E-state index contributed by atoms with van der Waals surface area (Å²) >= 11 is 12.4. The molecule has 2 atom stereocenters. The van der Waals surface area contributed by atoms with Gasteiger partial charge in [-0.05, 0) is 36.6 Å². The van der Waals surface area contributed by atoms with Crippen molar-refractivity contribution in [2.75, 3.05) is 26.2 Å². The molecule has 0 bridgehead atoms. The quantitative estimate of drug-likeness (QED) is 0.552. The average molecular weight is 527 g/mol. The van der Waals surface area contributed by atoms with E-state index in [0.29, 0.717) is 37.2 Å².